The molecule has 1 aliphatic rings. The number of amides is 2. The molecule has 3 rings (SSSR count). The molecule has 2 heterocycles. The third kappa shape index (κ3) is 3.29. The van der Waals surface area contributed by atoms with Gasteiger partial charge in [-0.15, -0.1) is 0 Å². The second kappa shape index (κ2) is 6.81. The molecule has 1 aromatic carbocycles. The molecule has 0 atom stereocenters. The molecule has 1 aromatic heterocycles. The number of nitrogens with zero attached hydrogens (tertiary/aromatic N) is 3. The predicted molar refractivity (Wildman–Crippen MR) is 78.0 cm³/mol. The Balaban J connectivity index is 1.67. The SMILES string of the molecule is O=C(NCc1nccn1C(F)F)N1CCOc2cccc(F)c2C1. The monoisotopic (exact) mass is 340 g/mol. The van der Waals surface area contributed by atoms with Crippen molar-refractivity contribution in [1.29, 1.82) is 0 Å². The molecule has 1 aliphatic heterocycles. The van der Waals surface area contributed by atoms with Crippen molar-refractivity contribution >= 4 is 6.03 Å². The first-order valence-electron chi connectivity index (χ1n) is 7.29. The number of ether oxygens (including phenoxy) is 1. The first-order chi connectivity index (χ1) is 11.6. The lowest BCUT2D eigenvalue weighted by Crippen LogP contribution is -2.40. The summed E-state index contributed by atoms with van der Waals surface area (Å²) in [6.07, 6.45) is 2.37. The van der Waals surface area contributed by atoms with Gasteiger partial charge in [-0.25, -0.2) is 14.2 Å². The highest BCUT2D eigenvalue weighted by atomic mass is 19.3. The van der Waals surface area contributed by atoms with E-state index in [0.717, 1.165) is 6.20 Å². The van der Waals surface area contributed by atoms with Crippen molar-refractivity contribution < 1.29 is 22.7 Å². The predicted octanol–water partition coefficient (Wildman–Crippen LogP) is 2.52. The Bertz CT molecular complexity index is 735. The molecule has 2 amide bonds. The summed E-state index contributed by atoms with van der Waals surface area (Å²) < 4.78 is 45.5. The van der Waals surface area contributed by atoms with Crippen molar-refractivity contribution in [2.24, 2.45) is 0 Å². The Morgan fingerprint density at radius 2 is 2.25 bits per heavy atom. The van der Waals surface area contributed by atoms with Gasteiger partial charge in [0.1, 0.15) is 24.0 Å². The van der Waals surface area contributed by atoms with Gasteiger partial charge in [0.2, 0.25) is 0 Å². The molecule has 0 aliphatic carbocycles. The second-order valence-corrected chi connectivity index (χ2v) is 5.17. The van der Waals surface area contributed by atoms with Gasteiger partial charge in [0.05, 0.1) is 19.6 Å². The van der Waals surface area contributed by atoms with Crippen LogP contribution in [0.3, 0.4) is 0 Å². The van der Waals surface area contributed by atoms with Gasteiger partial charge in [0, 0.05) is 18.0 Å². The number of urea groups is 1. The molecule has 0 bridgehead atoms. The van der Waals surface area contributed by atoms with Crippen LogP contribution >= 0.6 is 0 Å². The van der Waals surface area contributed by atoms with Gasteiger partial charge in [-0.05, 0) is 12.1 Å². The molecule has 1 N–H and O–H groups in total. The van der Waals surface area contributed by atoms with E-state index in [2.05, 4.69) is 10.3 Å². The summed E-state index contributed by atoms with van der Waals surface area (Å²) in [5, 5.41) is 2.52. The van der Waals surface area contributed by atoms with Crippen molar-refractivity contribution in [2.75, 3.05) is 13.2 Å². The number of hydrogen-bond acceptors (Lipinski definition) is 3. The fraction of sp³-hybridized carbons (Fsp3) is 0.333. The third-order valence-electron chi connectivity index (χ3n) is 3.69. The van der Waals surface area contributed by atoms with Crippen molar-refractivity contribution in [3.05, 3.63) is 47.8 Å². The summed E-state index contributed by atoms with van der Waals surface area (Å²) in [5.41, 5.74) is 0.291. The number of halogens is 3. The number of imidazole rings is 1. The maximum Gasteiger partial charge on any atom is 0.319 e. The Hall–Kier alpha value is -2.71. The minimum Gasteiger partial charge on any atom is -0.491 e. The average Bonchev–Trinajstić information content (AvgIpc) is 2.91. The van der Waals surface area contributed by atoms with Gasteiger partial charge in [0.25, 0.3) is 0 Å². The number of carbonyl (C=O) groups is 1. The standard InChI is InChI=1S/C15H15F3N4O2/c16-11-2-1-3-12-10(11)9-21(6-7-24-12)15(23)20-8-13-19-4-5-22(13)14(17)18/h1-5,14H,6-9H2,(H,20,23). The normalized spacial score (nSPS) is 14.1. The number of benzene rings is 1. The van der Waals surface area contributed by atoms with E-state index in [9.17, 15) is 18.0 Å². The molecule has 0 spiro atoms. The Morgan fingerprint density at radius 3 is 3.04 bits per heavy atom. The Morgan fingerprint density at radius 1 is 1.42 bits per heavy atom. The highest BCUT2D eigenvalue weighted by molar-refractivity contribution is 5.74. The molecule has 0 unspecified atom stereocenters. The minimum atomic E-state index is -2.73. The van der Waals surface area contributed by atoms with Crippen LogP contribution in [-0.2, 0) is 13.1 Å². The molecular weight excluding hydrogens is 325 g/mol. The highest BCUT2D eigenvalue weighted by Gasteiger charge is 2.22. The van der Waals surface area contributed by atoms with E-state index >= 15 is 0 Å². The van der Waals surface area contributed by atoms with Gasteiger partial charge >= 0.3 is 12.6 Å². The fourth-order valence-corrected chi connectivity index (χ4v) is 2.46. The van der Waals surface area contributed by atoms with E-state index in [1.165, 1.54) is 23.2 Å². The summed E-state index contributed by atoms with van der Waals surface area (Å²) in [4.78, 5) is 17.4. The second-order valence-electron chi connectivity index (χ2n) is 5.17. The van der Waals surface area contributed by atoms with Crippen molar-refractivity contribution in [3.63, 3.8) is 0 Å². The summed E-state index contributed by atoms with van der Waals surface area (Å²) in [5.74, 6) is -0.0185. The summed E-state index contributed by atoms with van der Waals surface area (Å²) >= 11 is 0. The maximum absolute atomic E-state index is 13.9. The summed E-state index contributed by atoms with van der Waals surface area (Å²) in [6.45, 7) is -2.37. The van der Waals surface area contributed by atoms with Gasteiger partial charge < -0.3 is 15.0 Å². The first-order valence-corrected chi connectivity index (χ1v) is 7.29. The Kier molecular flexibility index (Phi) is 4.59. The van der Waals surface area contributed by atoms with Gasteiger partial charge in [-0.3, -0.25) is 4.57 Å². The number of carbonyl (C=O) groups excluding carboxylic acids is 1. The van der Waals surface area contributed by atoms with E-state index in [4.69, 9.17) is 4.74 Å². The third-order valence-corrected chi connectivity index (χ3v) is 3.69. The van der Waals surface area contributed by atoms with Crippen molar-refractivity contribution in [1.82, 2.24) is 19.8 Å². The van der Waals surface area contributed by atoms with Crippen LogP contribution in [0.5, 0.6) is 5.75 Å². The minimum absolute atomic E-state index is 0.0380. The van der Waals surface area contributed by atoms with E-state index in [1.54, 1.807) is 6.07 Å². The number of fused-ring (bicyclic) bond motifs is 1. The zero-order valence-corrected chi connectivity index (χ0v) is 12.6. The van der Waals surface area contributed by atoms with E-state index in [1.807, 2.05) is 0 Å². The van der Waals surface area contributed by atoms with Crippen LogP contribution in [0.15, 0.2) is 30.6 Å². The molecule has 0 radical (unpaired) electrons. The lowest BCUT2D eigenvalue weighted by molar-refractivity contribution is 0.0666. The molecule has 9 heteroatoms. The van der Waals surface area contributed by atoms with E-state index in [-0.39, 0.29) is 32.1 Å². The number of aromatic nitrogens is 2. The molecule has 24 heavy (non-hydrogen) atoms. The summed E-state index contributed by atoms with van der Waals surface area (Å²) in [6, 6.07) is 3.97. The van der Waals surface area contributed by atoms with Crippen LogP contribution in [0.1, 0.15) is 17.9 Å². The van der Waals surface area contributed by atoms with Crippen LogP contribution in [0, 0.1) is 5.82 Å². The zero-order chi connectivity index (χ0) is 17.1. The fourth-order valence-electron chi connectivity index (χ4n) is 2.46. The van der Waals surface area contributed by atoms with Crippen molar-refractivity contribution in [3.8, 4) is 5.75 Å². The average molecular weight is 340 g/mol. The molecule has 0 saturated heterocycles. The lowest BCUT2D eigenvalue weighted by Gasteiger charge is -2.20. The molecule has 2 aromatic rings. The van der Waals surface area contributed by atoms with E-state index < -0.39 is 18.4 Å². The molecule has 6 nitrogen and oxygen atoms in total. The topological polar surface area (TPSA) is 59.4 Å². The maximum atomic E-state index is 13.9. The molecule has 0 saturated carbocycles. The Labute approximate surface area is 135 Å². The van der Waals surface area contributed by atoms with Gasteiger partial charge in [-0.2, -0.15) is 8.78 Å². The molecular formula is C15H15F3N4O2. The van der Waals surface area contributed by atoms with Crippen LogP contribution in [-0.4, -0.2) is 33.6 Å². The smallest absolute Gasteiger partial charge is 0.319 e. The highest BCUT2D eigenvalue weighted by Crippen LogP contribution is 2.25. The first kappa shape index (κ1) is 16.2. The largest absolute Gasteiger partial charge is 0.491 e. The van der Waals surface area contributed by atoms with Crippen molar-refractivity contribution in [2.45, 2.75) is 19.6 Å². The van der Waals surface area contributed by atoms with Gasteiger partial charge in [-0.1, -0.05) is 6.07 Å². The molecule has 0 fully saturated rings. The van der Waals surface area contributed by atoms with Crippen LogP contribution in [0.2, 0.25) is 0 Å². The number of alkyl halides is 2. The van der Waals surface area contributed by atoms with E-state index in [0.29, 0.717) is 15.9 Å². The number of nitrogens with one attached hydrogen (secondary N) is 1. The zero-order valence-electron chi connectivity index (χ0n) is 12.6. The van der Waals surface area contributed by atoms with Crippen LogP contribution in [0.25, 0.3) is 0 Å². The van der Waals surface area contributed by atoms with Gasteiger partial charge in [0.15, 0.2) is 0 Å². The number of rotatable bonds is 3. The molecule has 128 valence electrons. The van der Waals surface area contributed by atoms with Crippen LogP contribution in [0.4, 0.5) is 18.0 Å². The van der Waals surface area contributed by atoms with Crippen LogP contribution < -0.4 is 10.1 Å². The lowest BCUT2D eigenvalue weighted by atomic mass is 10.2. The number of hydrogen-bond donors (Lipinski definition) is 1. The summed E-state index contributed by atoms with van der Waals surface area (Å²) in [7, 11) is 0. The quantitative estimate of drug-likeness (QED) is 0.934.